The molecule has 2 N–H and O–H groups in total. The fourth-order valence-corrected chi connectivity index (χ4v) is 3.25. The summed E-state index contributed by atoms with van der Waals surface area (Å²) in [5, 5.41) is 18.1. The number of rotatable bonds is 3. The van der Waals surface area contributed by atoms with Gasteiger partial charge in [0.05, 0.1) is 11.0 Å². The molecule has 0 saturated carbocycles. The van der Waals surface area contributed by atoms with Crippen LogP contribution in [0.25, 0.3) is 0 Å². The maximum atomic E-state index is 11.1. The molecule has 5 nitrogen and oxygen atoms in total. The average molecular weight is 331 g/mol. The molecule has 0 aliphatic carbocycles. The lowest BCUT2D eigenvalue weighted by Crippen LogP contribution is -2.37. The monoisotopic (exact) mass is 331 g/mol. The van der Waals surface area contributed by atoms with Crippen LogP contribution in [0.15, 0.2) is 78.9 Å². The third-order valence-corrected chi connectivity index (χ3v) is 4.45. The van der Waals surface area contributed by atoms with Crippen LogP contribution >= 0.6 is 0 Å². The van der Waals surface area contributed by atoms with E-state index in [1.54, 1.807) is 12.1 Å². The van der Waals surface area contributed by atoms with Crippen molar-refractivity contribution in [1.29, 1.82) is 0 Å². The number of hydrogen-bond acceptors (Lipinski definition) is 4. The van der Waals surface area contributed by atoms with Gasteiger partial charge in [-0.25, -0.2) is 0 Å². The predicted octanol–water partition coefficient (Wildman–Crippen LogP) is 4.40. The number of anilines is 1. The Kier molecular flexibility index (Phi) is 3.91. The van der Waals surface area contributed by atoms with Crippen molar-refractivity contribution in [2.75, 3.05) is 5.32 Å². The minimum atomic E-state index is -0.366. The number of nitrogens with one attached hydrogen (secondary N) is 2. The summed E-state index contributed by atoms with van der Waals surface area (Å²) in [5.41, 5.74) is 4.29. The predicted molar refractivity (Wildman–Crippen MR) is 97.3 cm³/mol. The second kappa shape index (κ2) is 6.37. The lowest BCUT2D eigenvalue weighted by atomic mass is 9.93. The molecule has 1 heterocycles. The molecule has 0 unspecified atom stereocenters. The molecule has 4 rings (SSSR count). The first-order valence-corrected chi connectivity index (χ1v) is 8.13. The minimum absolute atomic E-state index is 0.0166. The Bertz CT molecular complexity index is 912. The van der Waals surface area contributed by atoms with Crippen molar-refractivity contribution >= 4 is 11.4 Å². The largest absolute Gasteiger partial charge is 0.366 e. The lowest BCUT2D eigenvalue weighted by molar-refractivity contribution is -0.384. The lowest BCUT2D eigenvalue weighted by Gasteiger charge is -2.35. The van der Waals surface area contributed by atoms with Crippen molar-refractivity contribution in [3.8, 4) is 0 Å². The molecular formula is C20H17N3O2. The number of non-ortho nitro benzene ring substituents is 1. The molecule has 0 fully saturated rings. The molecule has 1 aliphatic heterocycles. The van der Waals surface area contributed by atoms with Crippen LogP contribution < -0.4 is 10.6 Å². The summed E-state index contributed by atoms with van der Waals surface area (Å²) in [7, 11) is 0. The highest BCUT2D eigenvalue weighted by Gasteiger charge is 2.28. The van der Waals surface area contributed by atoms with Crippen molar-refractivity contribution < 1.29 is 4.92 Å². The third kappa shape index (κ3) is 2.97. The summed E-state index contributed by atoms with van der Waals surface area (Å²) in [6, 6.07) is 25.1. The van der Waals surface area contributed by atoms with Crippen LogP contribution in [-0.2, 0) is 0 Å². The Morgan fingerprint density at radius 2 is 1.56 bits per heavy atom. The van der Waals surface area contributed by atoms with Gasteiger partial charge in [-0.2, -0.15) is 0 Å². The van der Waals surface area contributed by atoms with Crippen LogP contribution in [0.4, 0.5) is 11.4 Å². The molecule has 0 spiro atoms. The van der Waals surface area contributed by atoms with E-state index < -0.39 is 0 Å². The van der Waals surface area contributed by atoms with Crippen molar-refractivity contribution in [2.45, 2.75) is 12.2 Å². The zero-order valence-corrected chi connectivity index (χ0v) is 13.4. The van der Waals surface area contributed by atoms with E-state index in [0.29, 0.717) is 0 Å². The van der Waals surface area contributed by atoms with E-state index in [-0.39, 0.29) is 22.8 Å². The van der Waals surface area contributed by atoms with Crippen LogP contribution in [0.3, 0.4) is 0 Å². The van der Waals surface area contributed by atoms with Crippen molar-refractivity contribution in [3.05, 3.63) is 106 Å². The Hall–Kier alpha value is -3.18. The quantitative estimate of drug-likeness (QED) is 0.551. The van der Waals surface area contributed by atoms with Gasteiger partial charge in [-0.15, -0.1) is 0 Å². The zero-order valence-electron chi connectivity index (χ0n) is 13.4. The number of nitro groups is 1. The fourth-order valence-electron chi connectivity index (χ4n) is 3.25. The Balaban J connectivity index is 1.75. The summed E-state index contributed by atoms with van der Waals surface area (Å²) in [4.78, 5) is 10.7. The minimum Gasteiger partial charge on any atom is -0.366 e. The van der Waals surface area contributed by atoms with Crippen LogP contribution in [-0.4, -0.2) is 4.92 Å². The van der Waals surface area contributed by atoms with Gasteiger partial charge >= 0.3 is 0 Å². The molecular weight excluding hydrogens is 314 g/mol. The molecule has 124 valence electrons. The second-order valence-corrected chi connectivity index (χ2v) is 6.03. The molecule has 0 aromatic heterocycles. The van der Waals surface area contributed by atoms with Gasteiger partial charge in [0.2, 0.25) is 0 Å². The summed E-state index contributed by atoms with van der Waals surface area (Å²) < 4.78 is 0. The van der Waals surface area contributed by atoms with E-state index in [0.717, 1.165) is 22.4 Å². The molecule has 2 atom stereocenters. The van der Waals surface area contributed by atoms with E-state index in [9.17, 15) is 10.1 Å². The molecule has 3 aromatic carbocycles. The summed E-state index contributed by atoms with van der Waals surface area (Å²) >= 11 is 0. The first kappa shape index (κ1) is 15.4. The Morgan fingerprint density at radius 3 is 2.36 bits per heavy atom. The van der Waals surface area contributed by atoms with E-state index >= 15 is 0 Å². The van der Waals surface area contributed by atoms with Gasteiger partial charge in [-0.1, -0.05) is 60.7 Å². The first-order valence-electron chi connectivity index (χ1n) is 8.13. The molecule has 25 heavy (non-hydrogen) atoms. The van der Waals surface area contributed by atoms with Crippen molar-refractivity contribution in [2.24, 2.45) is 0 Å². The molecule has 0 amide bonds. The SMILES string of the molecule is O=[N+]([O-])c1cccc([C@@H]2Nc3ccccc3[C@H](c3ccccc3)N2)c1. The number of nitro benzene ring substituents is 1. The number of hydrogen-bond donors (Lipinski definition) is 2. The molecule has 5 heteroatoms. The Morgan fingerprint density at radius 1 is 0.840 bits per heavy atom. The van der Waals surface area contributed by atoms with E-state index in [4.69, 9.17) is 0 Å². The normalized spacial score (nSPS) is 18.9. The van der Waals surface area contributed by atoms with Crippen LogP contribution in [0.1, 0.15) is 28.9 Å². The summed E-state index contributed by atoms with van der Waals surface area (Å²) in [6.07, 6.45) is -0.208. The van der Waals surface area contributed by atoms with Gasteiger partial charge in [-0.05, 0) is 22.8 Å². The van der Waals surface area contributed by atoms with Gasteiger partial charge in [0.1, 0.15) is 6.17 Å². The third-order valence-electron chi connectivity index (χ3n) is 4.45. The molecule has 0 saturated heterocycles. The van der Waals surface area contributed by atoms with Crippen molar-refractivity contribution in [3.63, 3.8) is 0 Å². The van der Waals surface area contributed by atoms with E-state index in [1.807, 2.05) is 42.5 Å². The summed E-state index contributed by atoms with van der Waals surface area (Å²) in [6.45, 7) is 0. The van der Waals surface area contributed by atoms with Crippen LogP contribution in [0.5, 0.6) is 0 Å². The van der Waals surface area contributed by atoms with Gasteiger partial charge in [0, 0.05) is 17.8 Å². The van der Waals surface area contributed by atoms with Crippen LogP contribution in [0, 0.1) is 10.1 Å². The highest BCUT2D eigenvalue weighted by Crippen LogP contribution is 2.36. The van der Waals surface area contributed by atoms with E-state index in [1.165, 1.54) is 6.07 Å². The fraction of sp³-hybridized carbons (Fsp3) is 0.100. The van der Waals surface area contributed by atoms with Gasteiger partial charge in [-0.3, -0.25) is 15.4 Å². The van der Waals surface area contributed by atoms with Gasteiger partial charge in [0.15, 0.2) is 0 Å². The standard InChI is InChI=1S/C20H17N3O2/c24-23(25)16-10-6-9-15(13-16)20-21-18-12-5-4-11-17(18)19(22-20)14-7-2-1-3-8-14/h1-13,19-22H/t19-,20+/m0/s1. The molecule has 3 aromatic rings. The molecule has 0 bridgehead atoms. The maximum Gasteiger partial charge on any atom is 0.269 e. The smallest absolute Gasteiger partial charge is 0.269 e. The van der Waals surface area contributed by atoms with Crippen LogP contribution in [0.2, 0.25) is 0 Å². The maximum absolute atomic E-state index is 11.1. The molecule has 1 aliphatic rings. The average Bonchev–Trinajstić information content (AvgIpc) is 2.68. The van der Waals surface area contributed by atoms with E-state index in [2.05, 4.69) is 28.8 Å². The van der Waals surface area contributed by atoms with Gasteiger partial charge < -0.3 is 5.32 Å². The number of para-hydroxylation sites is 1. The number of benzene rings is 3. The first-order chi connectivity index (χ1) is 12.2. The topological polar surface area (TPSA) is 67.2 Å². The second-order valence-electron chi connectivity index (χ2n) is 6.03. The van der Waals surface area contributed by atoms with Gasteiger partial charge in [0.25, 0.3) is 5.69 Å². The summed E-state index contributed by atoms with van der Waals surface area (Å²) in [5.74, 6) is 0. The Labute approximate surface area is 145 Å². The number of nitrogens with zero attached hydrogens (tertiary/aromatic N) is 1. The molecule has 0 radical (unpaired) electrons. The van der Waals surface area contributed by atoms with Crippen molar-refractivity contribution in [1.82, 2.24) is 5.32 Å². The highest BCUT2D eigenvalue weighted by atomic mass is 16.6. The zero-order chi connectivity index (χ0) is 17.2. The number of fused-ring (bicyclic) bond motifs is 1. The highest BCUT2D eigenvalue weighted by molar-refractivity contribution is 5.59.